The molecule has 3 nitrogen and oxygen atoms in total. The summed E-state index contributed by atoms with van der Waals surface area (Å²) < 4.78 is -0.385. The highest BCUT2D eigenvalue weighted by atomic mass is 32.2. The first-order valence-corrected chi connectivity index (χ1v) is 6.91. The summed E-state index contributed by atoms with van der Waals surface area (Å²) in [6.45, 7) is 3.77. The van der Waals surface area contributed by atoms with Gasteiger partial charge in [0, 0.05) is 4.75 Å². The van der Waals surface area contributed by atoms with E-state index in [1.165, 1.54) is 0 Å². The molecule has 0 bridgehead atoms. The molecule has 0 fully saturated rings. The van der Waals surface area contributed by atoms with Gasteiger partial charge in [-0.1, -0.05) is 0 Å². The second-order valence-electron chi connectivity index (χ2n) is 3.61. The first kappa shape index (κ1) is 14.1. The fraction of sp³-hybridized carbons (Fsp3) is 0.889. The molecule has 0 aliphatic carbocycles. The molecule has 14 heavy (non-hydrogen) atoms. The average Bonchev–Trinajstić information content (AvgIpc) is 2.11. The van der Waals surface area contributed by atoms with Crippen LogP contribution in [-0.2, 0) is 4.79 Å². The van der Waals surface area contributed by atoms with E-state index in [-0.39, 0.29) is 4.75 Å². The summed E-state index contributed by atoms with van der Waals surface area (Å²) in [5.41, 5.74) is 5.58. The minimum Gasteiger partial charge on any atom is -0.480 e. The molecule has 0 amide bonds. The number of carbonyl (C=O) groups is 1. The summed E-state index contributed by atoms with van der Waals surface area (Å²) in [5.74, 6) is 1.16. The Kier molecular flexibility index (Phi) is 6.64. The molecule has 84 valence electrons. The van der Waals surface area contributed by atoms with Crippen LogP contribution >= 0.6 is 23.5 Å². The van der Waals surface area contributed by atoms with E-state index in [4.69, 9.17) is 10.8 Å². The van der Waals surface area contributed by atoms with E-state index in [2.05, 4.69) is 6.26 Å². The Hall–Kier alpha value is 0.130. The van der Waals surface area contributed by atoms with E-state index in [1.54, 1.807) is 23.5 Å². The van der Waals surface area contributed by atoms with Crippen molar-refractivity contribution in [3.63, 3.8) is 0 Å². The SMILES string of the molecule is CSCCCSC(C)(C)[C@@H](N)C(=O)O. The zero-order chi connectivity index (χ0) is 11.2. The van der Waals surface area contributed by atoms with E-state index >= 15 is 0 Å². The van der Waals surface area contributed by atoms with Crippen LogP contribution in [0.1, 0.15) is 20.3 Å². The van der Waals surface area contributed by atoms with Crippen LogP contribution in [-0.4, -0.2) is 39.6 Å². The van der Waals surface area contributed by atoms with Crippen LogP contribution in [0, 0.1) is 0 Å². The molecule has 0 unspecified atom stereocenters. The molecule has 0 aromatic rings. The van der Waals surface area contributed by atoms with Gasteiger partial charge in [0.15, 0.2) is 0 Å². The quantitative estimate of drug-likeness (QED) is 0.659. The number of hydrogen-bond donors (Lipinski definition) is 2. The highest BCUT2D eigenvalue weighted by Crippen LogP contribution is 2.28. The van der Waals surface area contributed by atoms with Crippen LogP contribution in [0.2, 0.25) is 0 Å². The summed E-state index contributed by atoms with van der Waals surface area (Å²) in [4.78, 5) is 10.7. The number of hydrogen-bond acceptors (Lipinski definition) is 4. The fourth-order valence-corrected chi connectivity index (χ4v) is 2.64. The van der Waals surface area contributed by atoms with Gasteiger partial charge in [-0.2, -0.15) is 23.5 Å². The Labute approximate surface area is 94.2 Å². The van der Waals surface area contributed by atoms with Crippen molar-refractivity contribution in [2.45, 2.75) is 31.1 Å². The van der Waals surface area contributed by atoms with E-state index in [0.717, 1.165) is 17.9 Å². The number of aliphatic carboxylic acids is 1. The molecule has 0 radical (unpaired) electrons. The van der Waals surface area contributed by atoms with E-state index < -0.39 is 12.0 Å². The first-order chi connectivity index (χ1) is 6.41. The van der Waals surface area contributed by atoms with Gasteiger partial charge in [-0.05, 0) is 38.0 Å². The van der Waals surface area contributed by atoms with Gasteiger partial charge in [-0.25, -0.2) is 0 Å². The Morgan fingerprint density at radius 2 is 2.07 bits per heavy atom. The van der Waals surface area contributed by atoms with Crippen LogP contribution in [0.4, 0.5) is 0 Å². The molecule has 3 N–H and O–H groups in total. The summed E-state index contributed by atoms with van der Waals surface area (Å²) in [5, 5.41) is 8.78. The molecule has 0 saturated carbocycles. The highest BCUT2D eigenvalue weighted by molar-refractivity contribution is 8.01. The molecular weight excluding hydrogens is 218 g/mol. The van der Waals surface area contributed by atoms with Crippen LogP contribution in [0.3, 0.4) is 0 Å². The lowest BCUT2D eigenvalue weighted by atomic mass is 10.1. The summed E-state index contributed by atoms with van der Waals surface area (Å²) in [6, 6.07) is -0.790. The highest BCUT2D eigenvalue weighted by Gasteiger charge is 2.32. The zero-order valence-electron chi connectivity index (χ0n) is 8.95. The predicted octanol–water partition coefficient (Wildman–Crippen LogP) is 1.66. The maximum atomic E-state index is 10.7. The third kappa shape index (κ3) is 5.12. The number of thioether (sulfide) groups is 2. The lowest BCUT2D eigenvalue weighted by Crippen LogP contribution is -2.46. The predicted molar refractivity (Wildman–Crippen MR) is 65.1 cm³/mol. The molecular formula is C9H19NO2S2. The van der Waals surface area contributed by atoms with Crippen molar-refractivity contribution in [2.24, 2.45) is 5.73 Å². The van der Waals surface area contributed by atoms with Crippen molar-refractivity contribution in [1.82, 2.24) is 0 Å². The molecule has 0 aromatic carbocycles. The number of nitrogens with two attached hydrogens (primary N) is 1. The molecule has 0 heterocycles. The van der Waals surface area contributed by atoms with Crippen molar-refractivity contribution in [2.75, 3.05) is 17.8 Å². The molecule has 0 aliphatic heterocycles. The first-order valence-electron chi connectivity index (χ1n) is 4.53. The topological polar surface area (TPSA) is 63.3 Å². The fourth-order valence-electron chi connectivity index (χ4n) is 0.926. The number of rotatable bonds is 7. The molecule has 0 aliphatic rings. The van der Waals surface area contributed by atoms with Gasteiger partial charge in [0.2, 0.25) is 0 Å². The van der Waals surface area contributed by atoms with Crippen molar-refractivity contribution in [3.05, 3.63) is 0 Å². The lowest BCUT2D eigenvalue weighted by Gasteiger charge is -2.27. The van der Waals surface area contributed by atoms with Crippen LogP contribution in [0.25, 0.3) is 0 Å². The Morgan fingerprint density at radius 1 is 1.50 bits per heavy atom. The van der Waals surface area contributed by atoms with Crippen LogP contribution < -0.4 is 5.73 Å². The van der Waals surface area contributed by atoms with E-state index in [0.29, 0.717) is 0 Å². The molecule has 0 aromatic heterocycles. The van der Waals surface area contributed by atoms with Crippen molar-refractivity contribution >= 4 is 29.5 Å². The minimum absolute atomic E-state index is 0.385. The van der Waals surface area contributed by atoms with Gasteiger partial charge in [0.1, 0.15) is 6.04 Å². The van der Waals surface area contributed by atoms with Crippen molar-refractivity contribution in [1.29, 1.82) is 0 Å². The summed E-state index contributed by atoms with van der Waals surface area (Å²) in [6.07, 6.45) is 3.17. The van der Waals surface area contributed by atoms with Crippen molar-refractivity contribution in [3.8, 4) is 0 Å². The van der Waals surface area contributed by atoms with Gasteiger partial charge in [-0.3, -0.25) is 4.79 Å². The second kappa shape index (κ2) is 6.58. The summed E-state index contributed by atoms with van der Waals surface area (Å²) in [7, 11) is 0. The third-order valence-electron chi connectivity index (χ3n) is 1.98. The summed E-state index contributed by atoms with van der Waals surface area (Å²) >= 11 is 3.44. The van der Waals surface area contributed by atoms with Crippen LogP contribution in [0.5, 0.6) is 0 Å². The molecule has 0 spiro atoms. The third-order valence-corrected chi connectivity index (χ3v) is 4.17. The maximum absolute atomic E-state index is 10.7. The molecule has 1 atom stereocenters. The normalized spacial score (nSPS) is 14.0. The van der Waals surface area contributed by atoms with Gasteiger partial charge in [-0.15, -0.1) is 0 Å². The Morgan fingerprint density at radius 3 is 2.50 bits per heavy atom. The lowest BCUT2D eigenvalue weighted by molar-refractivity contribution is -0.139. The smallest absolute Gasteiger partial charge is 0.321 e. The molecule has 0 rings (SSSR count). The van der Waals surface area contributed by atoms with Gasteiger partial charge < -0.3 is 10.8 Å². The van der Waals surface area contributed by atoms with Gasteiger partial charge in [0.25, 0.3) is 0 Å². The van der Waals surface area contributed by atoms with Gasteiger partial charge >= 0.3 is 5.97 Å². The molecule has 0 saturated heterocycles. The monoisotopic (exact) mass is 237 g/mol. The van der Waals surface area contributed by atoms with Crippen LogP contribution in [0.15, 0.2) is 0 Å². The minimum atomic E-state index is -0.924. The number of carboxylic acids is 1. The Bertz CT molecular complexity index is 186. The standard InChI is InChI=1S/C9H19NO2S2/c1-9(2,7(10)8(11)12)14-6-4-5-13-3/h7H,4-6,10H2,1-3H3,(H,11,12)/t7-/m0/s1. The van der Waals surface area contributed by atoms with Gasteiger partial charge in [0.05, 0.1) is 0 Å². The van der Waals surface area contributed by atoms with E-state index in [9.17, 15) is 4.79 Å². The average molecular weight is 237 g/mol. The molecule has 5 heteroatoms. The zero-order valence-corrected chi connectivity index (χ0v) is 10.6. The Balaban J connectivity index is 3.88. The number of carboxylic acid groups (broad SMARTS) is 1. The van der Waals surface area contributed by atoms with E-state index in [1.807, 2.05) is 13.8 Å². The van der Waals surface area contributed by atoms with Crippen molar-refractivity contribution < 1.29 is 9.90 Å². The maximum Gasteiger partial charge on any atom is 0.321 e. The second-order valence-corrected chi connectivity index (χ2v) is 6.35. The largest absolute Gasteiger partial charge is 0.480 e.